The van der Waals surface area contributed by atoms with Gasteiger partial charge >= 0.3 is 0 Å². The number of anilines is 1. The third-order valence-corrected chi connectivity index (χ3v) is 3.22. The van der Waals surface area contributed by atoms with Crippen LogP contribution < -0.4 is 15.4 Å². The van der Waals surface area contributed by atoms with Gasteiger partial charge in [-0.25, -0.2) is 0 Å². The van der Waals surface area contributed by atoms with E-state index in [1.54, 1.807) is 12.0 Å². The van der Waals surface area contributed by atoms with Gasteiger partial charge < -0.3 is 15.4 Å². The van der Waals surface area contributed by atoms with Crippen molar-refractivity contribution < 1.29 is 9.53 Å². The highest BCUT2D eigenvalue weighted by Crippen LogP contribution is 2.31. The normalized spacial score (nSPS) is 20.3. The molecule has 0 aliphatic carbocycles. The maximum atomic E-state index is 11.7. The van der Waals surface area contributed by atoms with E-state index in [1.165, 1.54) is 0 Å². The number of ether oxygens (including phenoxy) is 1. The van der Waals surface area contributed by atoms with Gasteiger partial charge in [0.15, 0.2) is 0 Å². The summed E-state index contributed by atoms with van der Waals surface area (Å²) in [6.07, 6.45) is 0.420. The van der Waals surface area contributed by atoms with Gasteiger partial charge in [-0.15, -0.1) is 0 Å². The van der Waals surface area contributed by atoms with Crippen LogP contribution in [-0.2, 0) is 4.79 Å². The molecule has 1 aromatic carbocycles. The maximum Gasteiger partial charge on any atom is 0.228 e. The Hall–Kier alpha value is -1.07. The van der Waals surface area contributed by atoms with Gasteiger partial charge in [-0.3, -0.25) is 4.79 Å². The highest BCUT2D eigenvalue weighted by atomic mass is 79.9. The summed E-state index contributed by atoms with van der Waals surface area (Å²) in [5, 5.41) is 0. The molecule has 0 spiro atoms. The standard InChI is InChI=1S/C11H13BrN2O2/c1-16-10-3-2-8(5-9(10)12)14-6-7(13)4-11(14)15/h2-3,5,7H,4,6,13H2,1H3. The van der Waals surface area contributed by atoms with Crippen molar-refractivity contribution in [3.8, 4) is 5.75 Å². The molecule has 5 heteroatoms. The SMILES string of the molecule is COc1ccc(N2CC(N)CC2=O)cc1Br. The Morgan fingerprint density at radius 3 is 2.81 bits per heavy atom. The molecule has 0 radical (unpaired) electrons. The van der Waals surface area contributed by atoms with Crippen molar-refractivity contribution in [1.29, 1.82) is 0 Å². The Morgan fingerprint density at radius 1 is 1.56 bits per heavy atom. The molecule has 4 nitrogen and oxygen atoms in total. The van der Waals surface area contributed by atoms with Crippen molar-refractivity contribution in [3.63, 3.8) is 0 Å². The Kier molecular flexibility index (Phi) is 3.16. The molecular weight excluding hydrogens is 272 g/mol. The lowest BCUT2D eigenvalue weighted by Crippen LogP contribution is -2.27. The van der Waals surface area contributed by atoms with Crippen LogP contribution in [-0.4, -0.2) is 25.6 Å². The van der Waals surface area contributed by atoms with Gasteiger partial charge in [0, 0.05) is 24.7 Å². The first-order chi connectivity index (χ1) is 7.61. The summed E-state index contributed by atoms with van der Waals surface area (Å²) in [6.45, 7) is 0.581. The number of nitrogens with two attached hydrogens (primary N) is 1. The van der Waals surface area contributed by atoms with Crippen molar-refractivity contribution in [2.45, 2.75) is 12.5 Å². The molecule has 1 amide bonds. The third-order valence-electron chi connectivity index (χ3n) is 2.60. The number of hydrogen-bond acceptors (Lipinski definition) is 3. The van der Waals surface area contributed by atoms with E-state index in [-0.39, 0.29) is 11.9 Å². The summed E-state index contributed by atoms with van der Waals surface area (Å²) in [6, 6.07) is 5.50. The first-order valence-corrected chi connectivity index (χ1v) is 5.80. The van der Waals surface area contributed by atoms with Crippen LogP contribution in [0.4, 0.5) is 5.69 Å². The minimum absolute atomic E-state index is 0.0617. The molecule has 16 heavy (non-hydrogen) atoms. The molecule has 2 rings (SSSR count). The molecule has 0 saturated carbocycles. The second-order valence-electron chi connectivity index (χ2n) is 3.79. The summed E-state index contributed by atoms with van der Waals surface area (Å²) in [5.74, 6) is 0.823. The number of halogens is 1. The first kappa shape index (κ1) is 11.4. The van der Waals surface area contributed by atoms with Crippen LogP contribution in [0.5, 0.6) is 5.75 Å². The molecule has 0 bridgehead atoms. The average Bonchev–Trinajstić information content (AvgIpc) is 2.58. The molecule has 1 unspecified atom stereocenters. The molecule has 1 atom stereocenters. The van der Waals surface area contributed by atoms with Gasteiger partial charge in [-0.05, 0) is 34.1 Å². The van der Waals surface area contributed by atoms with Gasteiger partial charge in [0.1, 0.15) is 5.75 Å². The highest BCUT2D eigenvalue weighted by Gasteiger charge is 2.28. The minimum Gasteiger partial charge on any atom is -0.496 e. The predicted octanol–water partition coefficient (Wildman–Crippen LogP) is 1.52. The number of hydrogen-bond donors (Lipinski definition) is 1. The number of benzene rings is 1. The molecule has 2 N–H and O–H groups in total. The zero-order valence-electron chi connectivity index (χ0n) is 8.94. The fraction of sp³-hybridized carbons (Fsp3) is 0.364. The number of amides is 1. The van der Waals surface area contributed by atoms with E-state index < -0.39 is 0 Å². The average molecular weight is 285 g/mol. The Balaban J connectivity index is 2.28. The lowest BCUT2D eigenvalue weighted by molar-refractivity contribution is -0.117. The monoisotopic (exact) mass is 284 g/mol. The van der Waals surface area contributed by atoms with E-state index in [4.69, 9.17) is 10.5 Å². The number of carbonyl (C=O) groups excluding carboxylic acids is 1. The van der Waals surface area contributed by atoms with E-state index in [0.717, 1.165) is 15.9 Å². The summed E-state index contributed by atoms with van der Waals surface area (Å²) in [4.78, 5) is 13.4. The molecule has 1 aromatic rings. The van der Waals surface area contributed by atoms with Crippen molar-refractivity contribution in [3.05, 3.63) is 22.7 Å². The fourth-order valence-electron chi connectivity index (χ4n) is 1.81. The van der Waals surface area contributed by atoms with Crippen LogP contribution in [0.3, 0.4) is 0 Å². The molecule has 1 aliphatic heterocycles. The lowest BCUT2D eigenvalue weighted by Gasteiger charge is -2.17. The molecular formula is C11H13BrN2O2. The predicted molar refractivity (Wildman–Crippen MR) is 65.6 cm³/mol. The molecule has 1 fully saturated rings. The van der Waals surface area contributed by atoms with Gasteiger partial charge in [-0.1, -0.05) is 0 Å². The maximum absolute atomic E-state index is 11.7. The summed E-state index contributed by atoms with van der Waals surface area (Å²) in [7, 11) is 1.61. The minimum atomic E-state index is -0.0617. The number of nitrogens with zero attached hydrogens (tertiary/aromatic N) is 1. The lowest BCUT2D eigenvalue weighted by atomic mass is 10.3. The summed E-state index contributed by atoms with van der Waals surface area (Å²) < 4.78 is 5.97. The van der Waals surface area contributed by atoms with Gasteiger partial charge in [0.05, 0.1) is 11.6 Å². The van der Waals surface area contributed by atoms with Gasteiger partial charge in [0.25, 0.3) is 0 Å². The summed E-state index contributed by atoms with van der Waals surface area (Å²) in [5.41, 5.74) is 6.60. The number of carbonyl (C=O) groups is 1. The van der Waals surface area contributed by atoms with E-state index in [1.807, 2.05) is 18.2 Å². The highest BCUT2D eigenvalue weighted by molar-refractivity contribution is 9.10. The molecule has 86 valence electrons. The fourth-order valence-corrected chi connectivity index (χ4v) is 2.34. The largest absolute Gasteiger partial charge is 0.496 e. The van der Waals surface area contributed by atoms with Gasteiger partial charge in [0.2, 0.25) is 5.91 Å². The Bertz CT molecular complexity index is 422. The summed E-state index contributed by atoms with van der Waals surface area (Å²) >= 11 is 3.40. The van der Waals surface area contributed by atoms with Crippen molar-refractivity contribution in [2.24, 2.45) is 5.73 Å². The van der Waals surface area contributed by atoms with Crippen molar-refractivity contribution in [2.75, 3.05) is 18.6 Å². The topological polar surface area (TPSA) is 55.6 Å². The Labute approximate surface area is 102 Å². The molecule has 1 heterocycles. The van der Waals surface area contributed by atoms with Crippen LogP contribution in [0.25, 0.3) is 0 Å². The third kappa shape index (κ3) is 2.05. The van der Waals surface area contributed by atoms with Crippen molar-refractivity contribution in [1.82, 2.24) is 0 Å². The van der Waals surface area contributed by atoms with E-state index in [0.29, 0.717) is 13.0 Å². The quantitative estimate of drug-likeness (QED) is 0.896. The van der Waals surface area contributed by atoms with Crippen LogP contribution in [0.2, 0.25) is 0 Å². The van der Waals surface area contributed by atoms with Gasteiger partial charge in [-0.2, -0.15) is 0 Å². The van der Waals surface area contributed by atoms with Crippen LogP contribution in [0.1, 0.15) is 6.42 Å². The van der Waals surface area contributed by atoms with Crippen molar-refractivity contribution >= 4 is 27.5 Å². The van der Waals surface area contributed by atoms with E-state index in [9.17, 15) is 4.79 Å². The van der Waals surface area contributed by atoms with E-state index >= 15 is 0 Å². The molecule has 0 aromatic heterocycles. The molecule has 1 aliphatic rings. The second-order valence-corrected chi connectivity index (χ2v) is 4.64. The van der Waals surface area contributed by atoms with Crippen LogP contribution in [0, 0.1) is 0 Å². The zero-order valence-corrected chi connectivity index (χ0v) is 10.5. The zero-order chi connectivity index (χ0) is 11.7. The number of methoxy groups -OCH3 is 1. The molecule has 1 saturated heterocycles. The Morgan fingerprint density at radius 2 is 2.31 bits per heavy atom. The van der Waals surface area contributed by atoms with Crippen LogP contribution in [0.15, 0.2) is 22.7 Å². The number of rotatable bonds is 2. The van der Waals surface area contributed by atoms with Crippen LogP contribution >= 0.6 is 15.9 Å². The van der Waals surface area contributed by atoms with E-state index in [2.05, 4.69) is 15.9 Å². The second kappa shape index (κ2) is 4.43. The first-order valence-electron chi connectivity index (χ1n) is 5.01. The smallest absolute Gasteiger partial charge is 0.228 e.